The number of nitrogens with zero attached hydrogens (tertiary/aromatic N) is 5. The molecule has 3 N–H and O–H groups in total. The predicted molar refractivity (Wildman–Crippen MR) is 126 cm³/mol. The van der Waals surface area contributed by atoms with Crippen molar-refractivity contribution >= 4 is 17.6 Å². The van der Waals surface area contributed by atoms with Gasteiger partial charge in [0.2, 0.25) is 5.91 Å². The topological polar surface area (TPSA) is 127 Å². The van der Waals surface area contributed by atoms with E-state index in [0.717, 1.165) is 55.3 Å². The van der Waals surface area contributed by atoms with Crippen LogP contribution in [0, 0.1) is 0 Å². The maximum Gasteiger partial charge on any atom is 0.335 e. The lowest BCUT2D eigenvalue weighted by Gasteiger charge is -2.29. The van der Waals surface area contributed by atoms with Crippen molar-refractivity contribution in [2.24, 2.45) is 0 Å². The minimum Gasteiger partial charge on any atom is -0.478 e. The number of carboxylic acids is 1. The number of amides is 1. The minimum absolute atomic E-state index is 0.0571. The van der Waals surface area contributed by atoms with Crippen molar-refractivity contribution in [1.82, 2.24) is 24.9 Å². The summed E-state index contributed by atoms with van der Waals surface area (Å²) >= 11 is 0. The molecular weight excluding hydrogens is 432 g/mol. The Hall–Kier alpha value is -3.75. The highest BCUT2D eigenvalue weighted by Crippen LogP contribution is 2.36. The van der Waals surface area contributed by atoms with Crippen molar-refractivity contribution in [3.63, 3.8) is 0 Å². The molecule has 0 bridgehead atoms. The summed E-state index contributed by atoms with van der Waals surface area (Å²) in [7, 11) is 0. The second-order valence-electron chi connectivity index (χ2n) is 9.18. The number of aromatic carboxylic acids is 1. The van der Waals surface area contributed by atoms with Gasteiger partial charge in [0.25, 0.3) is 0 Å². The van der Waals surface area contributed by atoms with Crippen LogP contribution in [0.4, 0.5) is 5.69 Å². The van der Waals surface area contributed by atoms with Crippen LogP contribution < -0.4 is 5.73 Å². The quantitative estimate of drug-likeness (QED) is 0.578. The van der Waals surface area contributed by atoms with Crippen molar-refractivity contribution in [1.29, 1.82) is 0 Å². The summed E-state index contributed by atoms with van der Waals surface area (Å²) in [5, 5.41) is 17.9. The van der Waals surface area contributed by atoms with Crippen molar-refractivity contribution in [3.8, 4) is 11.3 Å². The standard InChI is InChI=1S/C25H28N6O3/c26-22-8-9-27-13-21(22)23-15-30(29-28-23)14-19-5-2-10-31(19)24(32)12-17-4-1-3-16-6-7-18(25(33)34)11-20(16)17/h6-9,11,13,15,17,19H,1-5,10,12,14H2,(H2,26,27)(H,33,34)/t17?,19-/m1/s1. The van der Waals surface area contributed by atoms with Crippen LogP contribution in [-0.4, -0.2) is 54.4 Å². The molecule has 1 fully saturated rings. The first-order chi connectivity index (χ1) is 16.5. The molecule has 0 radical (unpaired) electrons. The van der Waals surface area contributed by atoms with Gasteiger partial charge in [-0.3, -0.25) is 9.78 Å². The number of hydrogen-bond donors (Lipinski definition) is 2. The fraction of sp³-hybridized carbons (Fsp3) is 0.400. The molecule has 2 aromatic heterocycles. The molecule has 2 aliphatic rings. The first-order valence-corrected chi connectivity index (χ1v) is 11.7. The average molecular weight is 461 g/mol. The molecular formula is C25H28N6O3. The molecule has 0 saturated carbocycles. The van der Waals surface area contributed by atoms with Crippen molar-refractivity contribution in [2.45, 2.75) is 57.0 Å². The number of aryl methyl sites for hydroxylation is 1. The molecule has 9 nitrogen and oxygen atoms in total. The van der Waals surface area contributed by atoms with E-state index < -0.39 is 5.97 Å². The van der Waals surface area contributed by atoms with E-state index >= 15 is 0 Å². The molecule has 1 aliphatic carbocycles. The van der Waals surface area contributed by atoms with Crippen LogP contribution in [0.25, 0.3) is 11.3 Å². The number of carboxylic acid groups (broad SMARTS) is 1. The Morgan fingerprint density at radius 1 is 1.18 bits per heavy atom. The maximum atomic E-state index is 13.4. The second kappa shape index (κ2) is 9.24. The minimum atomic E-state index is -0.932. The largest absolute Gasteiger partial charge is 0.478 e. The van der Waals surface area contributed by atoms with Gasteiger partial charge in [0.15, 0.2) is 0 Å². The van der Waals surface area contributed by atoms with Crippen LogP contribution in [0.1, 0.15) is 59.5 Å². The zero-order chi connectivity index (χ0) is 23.7. The summed E-state index contributed by atoms with van der Waals surface area (Å²) in [6.07, 6.45) is 10.3. The zero-order valence-electron chi connectivity index (χ0n) is 18.9. The number of nitrogens with two attached hydrogens (primary N) is 1. The fourth-order valence-electron chi connectivity index (χ4n) is 5.27. The van der Waals surface area contributed by atoms with E-state index in [1.54, 1.807) is 35.3 Å². The lowest BCUT2D eigenvalue weighted by atomic mass is 9.80. The first-order valence-electron chi connectivity index (χ1n) is 11.7. The van der Waals surface area contributed by atoms with Crippen LogP contribution in [0.3, 0.4) is 0 Å². The van der Waals surface area contributed by atoms with Crippen molar-refractivity contribution < 1.29 is 14.7 Å². The molecule has 9 heteroatoms. The van der Waals surface area contributed by atoms with E-state index in [-0.39, 0.29) is 23.4 Å². The molecule has 5 rings (SSSR count). The van der Waals surface area contributed by atoms with Crippen LogP contribution >= 0.6 is 0 Å². The molecule has 176 valence electrons. The van der Waals surface area contributed by atoms with Gasteiger partial charge in [-0.25, -0.2) is 9.48 Å². The van der Waals surface area contributed by atoms with Crippen molar-refractivity contribution in [3.05, 3.63) is 59.5 Å². The Morgan fingerprint density at radius 3 is 2.88 bits per heavy atom. The monoisotopic (exact) mass is 460 g/mol. The Kier molecular flexibility index (Phi) is 6.00. The summed E-state index contributed by atoms with van der Waals surface area (Å²) in [4.78, 5) is 30.9. The third kappa shape index (κ3) is 4.37. The van der Waals surface area contributed by atoms with Gasteiger partial charge in [-0.15, -0.1) is 5.10 Å². The molecule has 1 amide bonds. The average Bonchev–Trinajstić information content (AvgIpc) is 3.49. The summed E-state index contributed by atoms with van der Waals surface area (Å²) in [6, 6.07) is 7.12. The van der Waals surface area contributed by atoms with Gasteiger partial charge in [-0.1, -0.05) is 11.3 Å². The van der Waals surface area contributed by atoms with Gasteiger partial charge in [-0.05, 0) is 67.3 Å². The highest BCUT2D eigenvalue weighted by Gasteiger charge is 2.32. The van der Waals surface area contributed by atoms with E-state index in [0.29, 0.717) is 24.3 Å². The van der Waals surface area contributed by atoms with Gasteiger partial charge in [-0.2, -0.15) is 0 Å². The Balaban J connectivity index is 1.28. The molecule has 2 atom stereocenters. The summed E-state index contributed by atoms with van der Waals surface area (Å²) in [5.74, 6) is -0.750. The summed E-state index contributed by atoms with van der Waals surface area (Å²) in [5.41, 5.74) is 10.5. The van der Waals surface area contributed by atoms with Crippen LogP contribution in [0.5, 0.6) is 0 Å². The van der Waals surface area contributed by atoms with E-state index in [4.69, 9.17) is 5.73 Å². The molecule has 3 aromatic rings. The van der Waals surface area contributed by atoms with Gasteiger partial charge in [0, 0.05) is 36.6 Å². The fourth-order valence-corrected chi connectivity index (χ4v) is 5.27. The summed E-state index contributed by atoms with van der Waals surface area (Å²) in [6.45, 7) is 1.30. The van der Waals surface area contributed by atoms with Crippen LogP contribution in [-0.2, 0) is 17.8 Å². The number of fused-ring (bicyclic) bond motifs is 1. The Bertz CT molecular complexity index is 1220. The molecule has 0 spiro atoms. The van der Waals surface area contributed by atoms with E-state index in [2.05, 4.69) is 15.3 Å². The van der Waals surface area contributed by atoms with E-state index in [9.17, 15) is 14.7 Å². The number of carbonyl (C=O) groups is 2. The zero-order valence-corrected chi connectivity index (χ0v) is 18.9. The number of aromatic nitrogens is 4. The Morgan fingerprint density at radius 2 is 2.06 bits per heavy atom. The number of carbonyl (C=O) groups excluding carboxylic acids is 1. The third-order valence-corrected chi connectivity index (χ3v) is 7.02. The number of likely N-dealkylation sites (tertiary alicyclic amines) is 1. The number of anilines is 1. The molecule has 1 saturated heterocycles. The Labute approximate surface area is 197 Å². The van der Waals surface area contributed by atoms with E-state index in [1.807, 2.05) is 17.2 Å². The van der Waals surface area contributed by atoms with E-state index in [1.165, 1.54) is 0 Å². The molecule has 1 unspecified atom stereocenters. The second-order valence-corrected chi connectivity index (χ2v) is 9.18. The molecule has 34 heavy (non-hydrogen) atoms. The number of pyridine rings is 1. The maximum absolute atomic E-state index is 13.4. The van der Waals surface area contributed by atoms with Crippen LogP contribution in [0.2, 0.25) is 0 Å². The van der Waals surface area contributed by atoms with Gasteiger partial charge in [0.05, 0.1) is 24.3 Å². The molecule has 1 aromatic carbocycles. The first kappa shape index (κ1) is 22.1. The smallest absolute Gasteiger partial charge is 0.335 e. The number of hydrogen-bond acceptors (Lipinski definition) is 6. The normalized spacial score (nSPS) is 19.7. The van der Waals surface area contributed by atoms with Crippen LogP contribution in [0.15, 0.2) is 42.9 Å². The predicted octanol–water partition coefficient (Wildman–Crippen LogP) is 3.12. The van der Waals surface area contributed by atoms with Gasteiger partial charge >= 0.3 is 5.97 Å². The lowest BCUT2D eigenvalue weighted by Crippen LogP contribution is -2.39. The van der Waals surface area contributed by atoms with Gasteiger partial charge < -0.3 is 15.7 Å². The highest BCUT2D eigenvalue weighted by atomic mass is 16.4. The number of benzene rings is 1. The highest BCUT2D eigenvalue weighted by molar-refractivity contribution is 5.88. The summed E-state index contributed by atoms with van der Waals surface area (Å²) < 4.78 is 1.77. The third-order valence-electron chi connectivity index (χ3n) is 7.02. The van der Waals surface area contributed by atoms with Crippen molar-refractivity contribution in [2.75, 3.05) is 12.3 Å². The van der Waals surface area contributed by atoms with Gasteiger partial charge in [0.1, 0.15) is 5.69 Å². The SMILES string of the molecule is Nc1ccncc1-c1cn(C[C@H]2CCCN2C(=O)CC2CCCc3ccc(C(=O)O)cc32)nn1. The molecule has 1 aliphatic heterocycles. The lowest BCUT2D eigenvalue weighted by molar-refractivity contribution is -0.132. The molecule has 3 heterocycles. The number of rotatable bonds is 6. The number of nitrogen functional groups attached to an aromatic ring is 1.